The molecule has 3 N–H and O–H groups in total. The molecule has 2 aromatic carbocycles. The minimum Gasteiger partial charge on any atom is -0.487 e. The third kappa shape index (κ3) is 6.32. The summed E-state index contributed by atoms with van der Waals surface area (Å²) in [5.41, 5.74) is 3.42. The molecule has 0 atom stereocenters. The number of ether oxygens (including phenoxy) is 1. The molecule has 0 saturated carbocycles. The fourth-order valence-electron chi connectivity index (χ4n) is 2.79. The van der Waals surface area contributed by atoms with Gasteiger partial charge < -0.3 is 14.6 Å². The lowest BCUT2D eigenvalue weighted by atomic mass is 10.0. The van der Waals surface area contributed by atoms with Crippen molar-refractivity contribution in [3.05, 3.63) is 78.1 Å². The van der Waals surface area contributed by atoms with Gasteiger partial charge in [-0.2, -0.15) is 0 Å². The average molecular weight is 414 g/mol. The first-order valence-electron chi connectivity index (χ1n) is 9.09. The van der Waals surface area contributed by atoms with E-state index < -0.39 is 7.82 Å². The highest BCUT2D eigenvalue weighted by Gasteiger charge is 2.16. The number of rotatable bonds is 8. The summed E-state index contributed by atoms with van der Waals surface area (Å²) in [7, 11) is -4.60. The topological polar surface area (TPSA) is 101 Å². The summed E-state index contributed by atoms with van der Waals surface area (Å²) in [6, 6.07) is 17.9. The minimum absolute atomic E-state index is 0.0877. The van der Waals surface area contributed by atoms with Crippen molar-refractivity contribution >= 4 is 19.2 Å². The number of pyridine rings is 1. The van der Waals surface area contributed by atoms with Crippen LogP contribution in [0.15, 0.2) is 66.9 Å². The summed E-state index contributed by atoms with van der Waals surface area (Å²) >= 11 is 0. The van der Waals surface area contributed by atoms with Gasteiger partial charge >= 0.3 is 7.82 Å². The van der Waals surface area contributed by atoms with Gasteiger partial charge in [-0.15, -0.1) is 0 Å². The highest BCUT2D eigenvalue weighted by Crippen LogP contribution is 2.39. The Morgan fingerprint density at radius 2 is 1.86 bits per heavy atom. The number of hydrogen-bond donors (Lipinski definition) is 3. The van der Waals surface area contributed by atoms with Gasteiger partial charge in [-0.1, -0.05) is 26.0 Å². The molecule has 0 aliphatic carbocycles. The Hall–Kier alpha value is -2.86. The molecule has 3 rings (SSSR count). The van der Waals surface area contributed by atoms with E-state index in [0.717, 1.165) is 22.7 Å². The Bertz CT molecular complexity index is 1000. The lowest BCUT2D eigenvalue weighted by molar-refractivity contribution is 0.283. The summed E-state index contributed by atoms with van der Waals surface area (Å²) < 4.78 is 21.6. The van der Waals surface area contributed by atoms with Crippen molar-refractivity contribution < 1.29 is 23.6 Å². The van der Waals surface area contributed by atoms with Crippen molar-refractivity contribution in [2.45, 2.75) is 26.4 Å². The van der Waals surface area contributed by atoms with Gasteiger partial charge in [-0.05, 0) is 53.9 Å². The highest BCUT2D eigenvalue weighted by atomic mass is 31.2. The van der Waals surface area contributed by atoms with E-state index >= 15 is 0 Å². The monoisotopic (exact) mass is 414 g/mol. The number of phosphoric ester groups is 1. The third-order valence-corrected chi connectivity index (χ3v) is 4.54. The zero-order valence-corrected chi connectivity index (χ0v) is 17.0. The summed E-state index contributed by atoms with van der Waals surface area (Å²) in [6.07, 6.45) is 1.73. The molecule has 1 aromatic heterocycles. The molecule has 29 heavy (non-hydrogen) atoms. The molecular formula is C21H23N2O5P. The molecule has 0 radical (unpaired) electrons. The van der Waals surface area contributed by atoms with Crippen LogP contribution in [0.4, 0.5) is 11.4 Å². The standard InChI is InChI=1S/C21H23N2O5P/c1-15(2)20-13-18(27-14-17-6-3-4-11-22-17)9-10-21(20)23-16-7-5-8-19(12-16)28-29(24,25)26/h3-13,15,23H,14H2,1-2H3,(H2,24,25,26). The normalized spacial score (nSPS) is 11.3. The molecular weight excluding hydrogens is 391 g/mol. The first kappa shape index (κ1) is 20.9. The predicted molar refractivity (Wildman–Crippen MR) is 111 cm³/mol. The minimum atomic E-state index is -4.60. The number of benzene rings is 2. The number of nitrogens with one attached hydrogen (secondary N) is 1. The van der Waals surface area contributed by atoms with E-state index in [1.165, 1.54) is 12.1 Å². The Morgan fingerprint density at radius 1 is 1.03 bits per heavy atom. The van der Waals surface area contributed by atoms with Gasteiger partial charge in [0, 0.05) is 23.6 Å². The molecule has 7 nitrogen and oxygen atoms in total. The maximum atomic E-state index is 11.0. The second kappa shape index (κ2) is 9.09. The summed E-state index contributed by atoms with van der Waals surface area (Å²) in [6.45, 7) is 4.54. The zero-order chi connectivity index (χ0) is 20.9. The third-order valence-electron chi connectivity index (χ3n) is 4.10. The van der Waals surface area contributed by atoms with Crippen LogP contribution < -0.4 is 14.6 Å². The van der Waals surface area contributed by atoms with E-state index in [1.54, 1.807) is 18.3 Å². The molecule has 0 fully saturated rings. The fourth-order valence-corrected chi connectivity index (χ4v) is 3.17. The molecule has 0 aliphatic heterocycles. The largest absolute Gasteiger partial charge is 0.524 e. The van der Waals surface area contributed by atoms with Crippen molar-refractivity contribution in [2.75, 3.05) is 5.32 Å². The SMILES string of the molecule is CC(C)c1cc(OCc2ccccn2)ccc1Nc1cccc(OP(=O)(O)O)c1. The summed E-state index contributed by atoms with van der Waals surface area (Å²) in [5, 5.41) is 3.28. The van der Waals surface area contributed by atoms with Crippen LogP contribution >= 0.6 is 7.82 Å². The molecule has 0 spiro atoms. The maximum absolute atomic E-state index is 11.0. The van der Waals surface area contributed by atoms with Gasteiger partial charge in [0.15, 0.2) is 0 Å². The van der Waals surface area contributed by atoms with Crippen LogP contribution in [0, 0.1) is 0 Å². The molecule has 0 saturated heterocycles. The van der Waals surface area contributed by atoms with E-state index in [2.05, 4.69) is 28.7 Å². The Balaban J connectivity index is 1.77. The van der Waals surface area contributed by atoms with Crippen molar-refractivity contribution in [3.8, 4) is 11.5 Å². The number of nitrogens with zero attached hydrogens (tertiary/aromatic N) is 1. The van der Waals surface area contributed by atoms with E-state index in [-0.39, 0.29) is 11.7 Å². The van der Waals surface area contributed by atoms with E-state index in [1.807, 2.05) is 36.4 Å². The van der Waals surface area contributed by atoms with Gasteiger partial charge in [0.2, 0.25) is 0 Å². The second-order valence-corrected chi connectivity index (χ2v) is 7.91. The molecule has 0 unspecified atom stereocenters. The molecule has 0 amide bonds. The highest BCUT2D eigenvalue weighted by molar-refractivity contribution is 7.46. The Morgan fingerprint density at radius 3 is 2.55 bits per heavy atom. The molecule has 152 valence electrons. The van der Waals surface area contributed by atoms with Gasteiger partial charge in [0.1, 0.15) is 18.1 Å². The summed E-state index contributed by atoms with van der Waals surface area (Å²) in [4.78, 5) is 22.2. The van der Waals surface area contributed by atoms with Crippen molar-refractivity contribution in [1.82, 2.24) is 4.98 Å². The fraction of sp³-hybridized carbons (Fsp3) is 0.190. The van der Waals surface area contributed by atoms with Crippen LogP contribution in [0.2, 0.25) is 0 Å². The molecule has 0 bridgehead atoms. The van der Waals surface area contributed by atoms with Crippen molar-refractivity contribution in [2.24, 2.45) is 0 Å². The van der Waals surface area contributed by atoms with Crippen LogP contribution in [-0.2, 0) is 11.2 Å². The first-order chi connectivity index (χ1) is 13.8. The Labute approximate surface area is 169 Å². The lowest BCUT2D eigenvalue weighted by Gasteiger charge is -2.17. The summed E-state index contributed by atoms with van der Waals surface area (Å²) in [5.74, 6) is 1.05. The van der Waals surface area contributed by atoms with Crippen LogP contribution in [0.1, 0.15) is 31.0 Å². The van der Waals surface area contributed by atoms with Crippen LogP contribution in [0.25, 0.3) is 0 Å². The lowest BCUT2D eigenvalue weighted by Crippen LogP contribution is -2.01. The van der Waals surface area contributed by atoms with Crippen LogP contribution in [0.5, 0.6) is 11.5 Å². The second-order valence-electron chi connectivity index (χ2n) is 6.75. The van der Waals surface area contributed by atoms with Crippen LogP contribution in [0.3, 0.4) is 0 Å². The van der Waals surface area contributed by atoms with Gasteiger partial charge in [-0.3, -0.25) is 14.8 Å². The molecule has 8 heteroatoms. The van der Waals surface area contributed by atoms with Gasteiger partial charge in [0.25, 0.3) is 0 Å². The molecule has 3 aromatic rings. The first-order valence-corrected chi connectivity index (χ1v) is 10.6. The molecule has 1 heterocycles. The number of aromatic nitrogens is 1. The van der Waals surface area contributed by atoms with Gasteiger partial charge in [-0.25, -0.2) is 4.57 Å². The van der Waals surface area contributed by atoms with Crippen molar-refractivity contribution in [3.63, 3.8) is 0 Å². The Kier molecular flexibility index (Phi) is 6.54. The quantitative estimate of drug-likeness (QED) is 0.446. The number of phosphoric acid groups is 1. The predicted octanol–water partition coefficient (Wildman–Crippen LogP) is 5.00. The van der Waals surface area contributed by atoms with Crippen molar-refractivity contribution in [1.29, 1.82) is 0 Å². The van der Waals surface area contributed by atoms with Gasteiger partial charge in [0.05, 0.1) is 5.69 Å². The van der Waals surface area contributed by atoms with Crippen LogP contribution in [-0.4, -0.2) is 14.8 Å². The van der Waals surface area contributed by atoms with E-state index in [4.69, 9.17) is 14.5 Å². The maximum Gasteiger partial charge on any atom is 0.524 e. The average Bonchev–Trinajstić information content (AvgIpc) is 2.67. The zero-order valence-electron chi connectivity index (χ0n) is 16.1. The molecule has 0 aliphatic rings. The number of hydrogen-bond acceptors (Lipinski definition) is 5. The van der Waals surface area contributed by atoms with E-state index in [9.17, 15) is 4.57 Å². The number of anilines is 2. The van der Waals surface area contributed by atoms with E-state index in [0.29, 0.717) is 12.3 Å². The smallest absolute Gasteiger partial charge is 0.487 e.